The van der Waals surface area contributed by atoms with Gasteiger partial charge in [-0.3, -0.25) is 4.79 Å². The third kappa shape index (κ3) is 3.11. The van der Waals surface area contributed by atoms with Crippen molar-refractivity contribution in [1.82, 2.24) is 0 Å². The summed E-state index contributed by atoms with van der Waals surface area (Å²) in [6, 6.07) is 6.51. The number of anilines is 1. The first kappa shape index (κ1) is 14.5. The number of carbonyl (C=O) groups is 1. The maximum absolute atomic E-state index is 12.5. The molecule has 1 unspecified atom stereocenters. The number of fused-ring (bicyclic) bond motifs is 1. The van der Waals surface area contributed by atoms with Gasteiger partial charge in [0.1, 0.15) is 6.10 Å². The van der Waals surface area contributed by atoms with Gasteiger partial charge in [-0.05, 0) is 62.3 Å². The normalized spacial score (nSPS) is 20.8. The van der Waals surface area contributed by atoms with Crippen LogP contribution in [0, 0.1) is 0 Å². The average Bonchev–Trinajstić information content (AvgIpc) is 3.16. The van der Waals surface area contributed by atoms with Gasteiger partial charge in [-0.15, -0.1) is 0 Å². The number of nitrogens with zero attached hydrogens (tertiary/aromatic N) is 1. The Hall–Kier alpha value is -1.39. The van der Waals surface area contributed by atoms with Crippen molar-refractivity contribution in [3.05, 3.63) is 29.3 Å². The Bertz CT molecular complexity index is 510. The van der Waals surface area contributed by atoms with Gasteiger partial charge in [-0.25, -0.2) is 0 Å². The van der Waals surface area contributed by atoms with Crippen LogP contribution in [0.5, 0.6) is 0 Å². The molecule has 0 saturated carbocycles. The summed E-state index contributed by atoms with van der Waals surface area (Å²) < 4.78 is 5.53. The highest BCUT2D eigenvalue weighted by Gasteiger charge is 2.32. The molecule has 0 radical (unpaired) electrons. The number of amides is 1. The monoisotopic (exact) mass is 288 g/mol. The molecule has 4 heteroatoms. The first-order chi connectivity index (χ1) is 10.3. The van der Waals surface area contributed by atoms with E-state index in [0.717, 1.165) is 63.9 Å². The lowest BCUT2D eigenvalue weighted by Gasteiger charge is -2.21. The number of aryl methyl sites for hydroxylation is 1. The largest absolute Gasteiger partial charge is 0.368 e. The van der Waals surface area contributed by atoms with Gasteiger partial charge < -0.3 is 15.4 Å². The fourth-order valence-corrected chi connectivity index (χ4v) is 3.26. The van der Waals surface area contributed by atoms with Crippen LogP contribution < -0.4 is 10.6 Å². The van der Waals surface area contributed by atoms with E-state index in [9.17, 15) is 4.79 Å². The second kappa shape index (κ2) is 6.58. The van der Waals surface area contributed by atoms with Gasteiger partial charge in [0.15, 0.2) is 0 Å². The topological polar surface area (TPSA) is 55.6 Å². The summed E-state index contributed by atoms with van der Waals surface area (Å²) in [4.78, 5) is 14.4. The zero-order valence-corrected chi connectivity index (χ0v) is 12.5. The molecule has 3 rings (SSSR count). The Morgan fingerprint density at radius 3 is 3.05 bits per heavy atom. The van der Waals surface area contributed by atoms with Crippen LogP contribution in [0.4, 0.5) is 5.69 Å². The van der Waals surface area contributed by atoms with E-state index >= 15 is 0 Å². The molecule has 2 N–H and O–H groups in total. The van der Waals surface area contributed by atoms with E-state index in [4.69, 9.17) is 10.5 Å². The van der Waals surface area contributed by atoms with Crippen LogP contribution in [-0.4, -0.2) is 31.7 Å². The van der Waals surface area contributed by atoms with Gasteiger partial charge in [0, 0.05) is 18.8 Å². The molecule has 1 fully saturated rings. The summed E-state index contributed by atoms with van der Waals surface area (Å²) >= 11 is 0. The fourth-order valence-electron chi connectivity index (χ4n) is 3.26. The van der Waals surface area contributed by atoms with E-state index in [-0.39, 0.29) is 12.0 Å². The lowest BCUT2D eigenvalue weighted by molar-refractivity contribution is -0.127. The molecule has 2 aliphatic rings. The molecule has 21 heavy (non-hydrogen) atoms. The molecule has 0 aliphatic carbocycles. The van der Waals surface area contributed by atoms with Gasteiger partial charge >= 0.3 is 0 Å². The predicted octanol–water partition coefficient (Wildman–Crippen LogP) is 2.04. The molecule has 2 aliphatic heterocycles. The number of ether oxygens (including phenoxy) is 1. The standard InChI is InChI=1S/C17H24N2O2/c18-9-2-1-4-13-6-7-15-14(12-13)8-10-19(15)17(20)16-5-3-11-21-16/h6-7,12,16H,1-5,8-11,18H2. The van der Waals surface area contributed by atoms with Crippen molar-refractivity contribution in [2.24, 2.45) is 5.73 Å². The minimum Gasteiger partial charge on any atom is -0.368 e. The smallest absolute Gasteiger partial charge is 0.256 e. The summed E-state index contributed by atoms with van der Waals surface area (Å²) in [5.41, 5.74) is 9.27. The summed E-state index contributed by atoms with van der Waals surface area (Å²) in [5, 5.41) is 0. The molecule has 0 bridgehead atoms. The molecule has 1 amide bonds. The molecule has 114 valence electrons. The van der Waals surface area contributed by atoms with Crippen molar-refractivity contribution < 1.29 is 9.53 Å². The van der Waals surface area contributed by atoms with Gasteiger partial charge in [0.05, 0.1) is 0 Å². The number of unbranched alkanes of at least 4 members (excludes halogenated alkanes) is 1. The number of benzene rings is 1. The zero-order chi connectivity index (χ0) is 14.7. The molecule has 0 aromatic heterocycles. The molecule has 2 heterocycles. The van der Waals surface area contributed by atoms with Crippen molar-refractivity contribution in [3.8, 4) is 0 Å². The second-order valence-corrected chi connectivity index (χ2v) is 5.95. The lowest BCUT2D eigenvalue weighted by Crippen LogP contribution is -2.37. The number of nitrogens with two attached hydrogens (primary N) is 1. The van der Waals surface area contributed by atoms with E-state index in [0.29, 0.717) is 0 Å². The highest BCUT2D eigenvalue weighted by molar-refractivity contribution is 5.98. The number of hydrogen-bond acceptors (Lipinski definition) is 3. The van der Waals surface area contributed by atoms with Crippen LogP contribution >= 0.6 is 0 Å². The van der Waals surface area contributed by atoms with Crippen molar-refractivity contribution >= 4 is 11.6 Å². The van der Waals surface area contributed by atoms with E-state index < -0.39 is 0 Å². The third-order valence-corrected chi connectivity index (χ3v) is 4.43. The first-order valence-electron chi connectivity index (χ1n) is 8.04. The fraction of sp³-hybridized carbons (Fsp3) is 0.588. The van der Waals surface area contributed by atoms with Crippen LogP contribution in [-0.2, 0) is 22.4 Å². The number of carbonyl (C=O) groups excluding carboxylic acids is 1. The van der Waals surface area contributed by atoms with E-state index in [2.05, 4.69) is 18.2 Å². The minimum atomic E-state index is -0.222. The predicted molar refractivity (Wildman–Crippen MR) is 83.5 cm³/mol. The molecule has 4 nitrogen and oxygen atoms in total. The molecule has 0 spiro atoms. The maximum atomic E-state index is 12.5. The summed E-state index contributed by atoms with van der Waals surface area (Å²) in [7, 11) is 0. The summed E-state index contributed by atoms with van der Waals surface area (Å²) in [6.45, 7) is 2.27. The van der Waals surface area contributed by atoms with Crippen LogP contribution in [0.3, 0.4) is 0 Å². The van der Waals surface area contributed by atoms with E-state index in [1.165, 1.54) is 11.1 Å². The second-order valence-electron chi connectivity index (χ2n) is 5.95. The quantitative estimate of drug-likeness (QED) is 0.844. The lowest BCUT2D eigenvalue weighted by atomic mass is 10.0. The van der Waals surface area contributed by atoms with Crippen molar-refractivity contribution in [2.75, 3.05) is 24.6 Å². The average molecular weight is 288 g/mol. The Balaban J connectivity index is 1.69. The highest BCUT2D eigenvalue weighted by Crippen LogP contribution is 2.31. The summed E-state index contributed by atoms with van der Waals surface area (Å²) in [6.07, 6.45) is 5.87. The molecular weight excluding hydrogens is 264 g/mol. The third-order valence-electron chi connectivity index (χ3n) is 4.43. The minimum absolute atomic E-state index is 0.141. The molecule has 1 saturated heterocycles. The number of hydrogen-bond donors (Lipinski definition) is 1. The Morgan fingerprint density at radius 1 is 1.38 bits per heavy atom. The van der Waals surface area contributed by atoms with E-state index in [1.807, 2.05) is 4.90 Å². The van der Waals surface area contributed by atoms with Gasteiger partial charge in [0.25, 0.3) is 5.91 Å². The number of rotatable bonds is 5. The molecule has 1 aromatic rings. The van der Waals surface area contributed by atoms with Crippen molar-refractivity contribution in [3.63, 3.8) is 0 Å². The molecular formula is C17H24N2O2. The zero-order valence-electron chi connectivity index (χ0n) is 12.5. The maximum Gasteiger partial charge on any atom is 0.256 e. The van der Waals surface area contributed by atoms with Crippen LogP contribution in [0.1, 0.15) is 36.8 Å². The Kier molecular flexibility index (Phi) is 4.56. The molecule has 1 atom stereocenters. The first-order valence-corrected chi connectivity index (χ1v) is 8.04. The van der Waals surface area contributed by atoms with E-state index in [1.54, 1.807) is 0 Å². The SMILES string of the molecule is NCCCCc1ccc2c(c1)CCN2C(=O)C1CCCO1. The van der Waals surface area contributed by atoms with Crippen molar-refractivity contribution in [2.45, 2.75) is 44.6 Å². The van der Waals surface area contributed by atoms with Crippen molar-refractivity contribution in [1.29, 1.82) is 0 Å². The molecule has 1 aromatic carbocycles. The van der Waals surface area contributed by atoms with Crippen LogP contribution in [0.2, 0.25) is 0 Å². The van der Waals surface area contributed by atoms with Gasteiger partial charge in [-0.1, -0.05) is 12.1 Å². The Morgan fingerprint density at radius 2 is 2.29 bits per heavy atom. The summed E-state index contributed by atoms with van der Waals surface area (Å²) in [5.74, 6) is 0.141. The van der Waals surface area contributed by atoms with Crippen LogP contribution in [0.25, 0.3) is 0 Å². The Labute approximate surface area is 126 Å². The highest BCUT2D eigenvalue weighted by atomic mass is 16.5. The van der Waals surface area contributed by atoms with Crippen LogP contribution in [0.15, 0.2) is 18.2 Å². The van der Waals surface area contributed by atoms with Gasteiger partial charge in [0.2, 0.25) is 0 Å². The van der Waals surface area contributed by atoms with Gasteiger partial charge in [-0.2, -0.15) is 0 Å².